The van der Waals surface area contributed by atoms with Gasteiger partial charge in [-0.3, -0.25) is 4.79 Å². The number of rotatable bonds is 8. The molecule has 0 saturated heterocycles. The number of carbonyl (C=O) groups excluding carboxylic acids is 1. The van der Waals surface area contributed by atoms with E-state index in [2.05, 4.69) is 0 Å². The standard InChI is InChI=1S/C14H18F2O4/c1-9-6-12(18-2)13(19-3)7-10(9)11(17)4-5-20-8-14(15)16/h6-7,14H,4-5,8H2,1-3H3. The Morgan fingerprint density at radius 1 is 1.20 bits per heavy atom. The normalized spacial score (nSPS) is 10.7. The number of benzene rings is 1. The van der Waals surface area contributed by atoms with Crippen LogP contribution in [0.15, 0.2) is 12.1 Å². The maximum atomic E-state index is 12.0. The molecular weight excluding hydrogens is 270 g/mol. The number of halogens is 2. The van der Waals surface area contributed by atoms with Gasteiger partial charge in [0.2, 0.25) is 0 Å². The van der Waals surface area contributed by atoms with Crippen LogP contribution in [0.2, 0.25) is 0 Å². The summed E-state index contributed by atoms with van der Waals surface area (Å²) in [4.78, 5) is 12.0. The first-order chi connectivity index (χ1) is 9.49. The van der Waals surface area contributed by atoms with E-state index >= 15 is 0 Å². The minimum Gasteiger partial charge on any atom is -0.493 e. The smallest absolute Gasteiger partial charge is 0.261 e. The molecular formula is C14H18F2O4. The number of alkyl halides is 2. The number of methoxy groups -OCH3 is 2. The molecule has 0 heterocycles. The number of Topliss-reactive ketones (excluding diaryl/α,β-unsaturated/α-hetero) is 1. The molecule has 0 spiro atoms. The van der Waals surface area contributed by atoms with Gasteiger partial charge in [-0.2, -0.15) is 0 Å². The lowest BCUT2D eigenvalue weighted by Crippen LogP contribution is -2.10. The van der Waals surface area contributed by atoms with Gasteiger partial charge >= 0.3 is 0 Å². The second-order valence-electron chi connectivity index (χ2n) is 4.16. The third-order valence-electron chi connectivity index (χ3n) is 2.75. The number of carbonyl (C=O) groups is 1. The van der Waals surface area contributed by atoms with Crippen LogP contribution < -0.4 is 9.47 Å². The lowest BCUT2D eigenvalue weighted by Gasteiger charge is -2.12. The zero-order valence-corrected chi connectivity index (χ0v) is 11.7. The van der Waals surface area contributed by atoms with Crippen LogP contribution in [0.5, 0.6) is 11.5 Å². The fraction of sp³-hybridized carbons (Fsp3) is 0.500. The van der Waals surface area contributed by atoms with Gasteiger partial charge in [-0.05, 0) is 24.6 Å². The molecule has 0 aromatic heterocycles. The Balaban J connectivity index is 2.72. The van der Waals surface area contributed by atoms with Gasteiger partial charge in [-0.25, -0.2) is 8.78 Å². The summed E-state index contributed by atoms with van der Waals surface area (Å²) in [6.07, 6.45) is -2.48. The van der Waals surface area contributed by atoms with E-state index in [-0.39, 0.29) is 18.8 Å². The fourth-order valence-electron chi connectivity index (χ4n) is 1.75. The van der Waals surface area contributed by atoms with Crippen molar-refractivity contribution in [3.8, 4) is 11.5 Å². The molecule has 1 aromatic carbocycles. The monoisotopic (exact) mass is 288 g/mol. The summed E-state index contributed by atoms with van der Waals surface area (Å²) in [5.41, 5.74) is 1.21. The van der Waals surface area contributed by atoms with Crippen molar-refractivity contribution >= 4 is 5.78 Å². The van der Waals surface area contributed by atoms with Gasteiger partial charge in [0.1, 0.15) is 6.61 Å². The molecule has 0 atom stereocenters. The van der Waals surface area contributed by atoms with Crippen molar-refractivity contribution in [1.29, 1.82) is 0 Å². The minimum atomic E-state index is -2.52. The van der Waals surface area contributed by atoms with Crippen LogP contribution in [0.3, 0.4) is 0 Å². The minimum absolute atomic E-state index is 0.0308. The second kappa shape index (κ2) is 7.79. The highest BCUT2D eigenvalue weighted by Gasteiger charge is 2.14. The second-order valence-corrected chi connectivity index (χ2v) is 4.16. The molecule has 0 aliphatic rings. The maximum Gasteiger partial charge on any atom is 0.261 e. The van der Waals surface area contributed by atoms with Crippen molar-refractivity contribution in [2.45, 2.75) is 19.8 Å². The Labute approximate surface area is 116 Å². The first-order valence-corrected chi connectivity index (χ1v) is 6.11. The highest BCUT2D eigenvalue weighted by Crippen LogP contribution is 2.30. The molecule has 0 unspecified atom stereocenters. The Kier molecular flexibility index (Phi) is 6.38. The molecule has 0 bridgehead atoms. The molecule has 112 valence electrons. The number of hydrogen-bond acceptors (Lipinski definition) is 4. The van der Waals surface area contributed by atoms with Crippen LogP contribution in [-0.4, -0.2) is 39.6 Å². The van der Waals surface area contributed by atoms with E-state index < -0.39 is 13.0 Å². The summed E-state index contributed by atoms with van der Waals surface area (Å²) in [6.45, 7) is 1.09. The topological polar surface area (TPSA) is 44.8 Å². The molecule has 0 radical (unpaired) electrons. The van der Waals surface area contributed by atoms with E-state index in [1.807, 2.05) is 0 Å². The summed E-state index contributed by atoms with van der Waals surface area (Å²) < 4.78 is 38.7. The SMILES string of the molecule is COc1cc(C)c(C(=O)CCOCC(F)F)cc1OC. The van der Waals surface area contributed by atoms with E-state index in [0.29, 0.717) is 17.1 Å². The highest BCUT2D eigenvalue weighted by atomic mass is 19.3. The summed E-state index contributed by atoms with van der Waals surface area (Å²) >= 11 is 0. The van der Waals surface area contributed by atoms with E-state index in [9.17, 15) is 13.6 Å². The molecule has 6 heteroatoms. The predicted molar refractivity (Wildman–Crippen MR) is 70.1 cm³/mol. The van der Waals surface area contributed by atoms with Crippen LogP contribution in [0.25, 0.3) is 0 Å². The van der Waals surface area contributed by atoms with Crippen LogP contribution in [0.1, 0.15) is 22.3 Å². The van der Waals surface area contributed by atoms with E-state index in [0.717, 1.165) is 5.56 Å². The molecule has 20 heavy (non-hydrogen) atoms. The van der Waals surface area contributed by atoms with Gasteiger partial charge in [-0.1, -0.05) is 0 Å². The highest BCUT2D eigenvalue weighted by molar-refractivity contribution is 5.98. The van der Waals surface area contributed by atoms with Crippen LogP contribution >= 0.6 is 0 Å². The number of ether oxygens (including phenoxy) is 3. The quantitative estimate of drug-likeness (QED) is 0.545. The molecule has 0 N–H and O–H groups in total. The Bertz CT molecular complexity index is 461. The average Bonchev–Trinajstić information content (AvgIpc) is 2.42. The predicted octanol–water partition coefficient (Wildman–Crippen LogP) is 2.87. The fourth-order valence-corrected chi connectivity index (χ4v) is 1.75. The lowest BCUT2D eigenvalue weighted by molar-refractivity contribution is 0.0169. The van der Waals surface area contributed by atoms with Crippen molar-refractivity contribution in [3.63, 3.8) is 0 Å². The van der Waals surface area contributed by atoms with Gasteiger partial charge < -0.3 is 14.2 Å². The molecule has 0 fully saturated rings. The Morgan fingerprint density at radius 3 is 2.35 bits per heavy atom. The third-order valence-corrected chi connectivity index (χ3v) is 2.75. The van der Waals surface area contributed by atoms with Crippen molar-refractivity contribution in [3.05, 3.63) is 23.3 Å². The van der Waals surface area contributed by atoms with E-state index in [1.165, 1.54) is 14.2 Å². The summed E-state index contributed by atoms with van der Waals surface area (Å²) in [6, 6.07) is 3.29. The molecule has 0 saturated carbocycles. The molecule has 1 rings (SSSR count). The molecule has 1 aromatic rings. The zero-order valence-electron chi connectivity index (χ0n) is 11.7. The van der Waals surface area contributed by atoms with Gasteiger partial charge in [0.25, 0.3) is 6.43 Å². The Hall–Kier alpha value is -1.69. The van der Waals surface area contributed by atoms with E-state index in [4.69, 9.17) is 14.2 Å². The summed E-state index contributed by atoms with van der Waals surface area (Å²) in [5.74, 6) is 0.808. The van der Waals surface area contributed by atoms with Crippen molar-refractivity contribution in [2.75, 3.05) is 27.4 Å². The van der Waals surface area contributed by atoms with Gasteiger partial charge in [0, 0.05) is 12.0 Å². The largest absolute Gasteiger partial charge is 0.493 e. The van der Waals surface area contributed by atoms with Crippen molar-refractivity contribution in [1.82, 2.24) is 0 Å². The first-order valence-electron chi connectivity index (χ1n) is 6.11. The molecule has 4 nitrogen and oxygen atoms in total. The van der Waals surface area contributed by atoms with Gasteiger partial charge in [0.15, 0.2) is 17.3 Å². The van der Waals surface area contributed by atoms with Crippen LogP contribution in [-0.2, 0) is 4.74 Å². The molecule has 0 amide bonds. The number of ketones is 1. The maximum absolute atomic E-state index is 12.0. The summed E-state index contributed by atoms with van der Waals surface area (Å²) in [7, 11) is 2.99. The number of aryl methyl sites for hydroxylation is 1. The molecule has 0 aliphatic heterocycles. The van der Waals surface area contributed by atoms with Crippen molar-refractivity contribution in [2.24, 2.45) is 0 Å². The van der Waals surface area contributed by atoms with Gasteiger partial charge in [-0.15, -0.1) is 0 Å². The molecule has 0 aliphatic carbocycles. The van der Waals surface area contributed by atoms with Crippen LogP contribution in [0, 0.1) is 6.92 Å². The van der Waals surface area contributed by atoms with E-state index in [1.54, 1.807) is 19.1 Å². The first kappa shape index (κ1) is 16.4. The van der Waals surface area contributed by atoms with Crippen molar-refractivity contribution < 1.29 is 27.8 Å². The third kappa shape index (κ3) is 4.45. The lowest BCUT2D eigenvalue weighted by atomic mass is 10.0. The van der Waals surface area contributed by atoms with Gasteiger partial charge in [0.05, 0.1) is 20.8 Å². The number of hydrogen-bond donors (Lipinski definition) is 0. The van der Waals surface area contributed by atoms with Crippen LogP contribution in [0.4, 0.5) is 8.78 Å². The zero-order chi connectivity index (χ0) is 15.1. The average molecular weight is 288 g/mol. The summed E-state index contributed by atoms with van der Waals surface area (Å²) in [5, 5.41) is 0. The Morgan fingerprint density at radius 2 is 1.80 bits per heavy atom.